The number of Topliss-reactive ketones (excluding diaryl/α,β-unsaturated/α-hetero) is 1. The van der Waals surface area contributed by atoms with Crippen molar-refractivity contribution < 1.29 is 19.8 Å². The molecular formula is C9H17MgO4. The van der Waals surface area contributed by atoms with E-state index in [1.807, 2.05) is 0 Å². The van der Waals surface area contributed by atoms with Gasteiger partial charge in [0.1, 0.15) is 11.7 Å². The van der Waals surface area contributed by atoms with Crippen LogP contribution in [0.4, 0.5) is 0 Å². The standard InChI is InChI=1S/C6H10O3.C3H7O.Mg/c1-3-5(4(2)7)6(8)9;1-3(2)4;/h5H,3H2,1-2H3,(H,8,9);3H,1-2H3;/q;-1;+1. The van der Waals surface area contributed by atoms with E-state index in [-0.39, 0.29) is 28.8 Å². The van der Waals surface area contributed by atoms with Gasteiger partial charge in [0, 0.05) is 0 Å². The number of aliphatic carboxylic acids is 1. The van der Waals surface area contributed by atoms with Crippen LogP contribution in [0.15, 0.2) is 0 Å². The Kier molecular flexibility index (Phi) is 15.2. The van der Waals surface area contributed by atoms with Crippen molar-refractivity contribution in [3.63, 3.8) is 0 Å². The van der Waals surface area contributed by atoms with Crippen molar-refractivity contribution in [3.8, 4) is 0 Å². The summed E-state index contributed by atoms with van der Waals surface area (Å²) in [5, 5.41) is 17.9. The molecule has 0 aromatic heterocycles. The predicted molar refractivity (Wildman–Crippen MR) is 53.0 cm³/mol. The fraction of sp³-hybridized carbons (Fsp3) is 0.778. The van der Waals surface area contributed by atoms with Gasteiger partial charge in [0.25, 0.3) is 0 Å². The maximum absolute atomic E-state index is 10.4. The molecule has 0 aliphatic carbocycles. The smallest absolute Gasteiger partial charge is 0.852 e. The van der Waals surface area contributed by atoms with Gasteiger partial charge in [0.15, 0.2) is 0 Å². The van der Waals surface area contributed by atoms with Crippen molar-refractivity contribution in [2.75, 3.05) is 0 Å². The minimum absolute atomic E-state index is 0. The zero-order chi connectivity index (χ0) is 11.0. The van der Waals surface area contributed by atoms with Crippen molar-refractivity contribution in [1.29, 1.82) is 0 Å². The second-order valence-corrected chi connectivity index (χ2v) is 2.96. The molecule has 1 N–H and O–H groups in total. The Morgan fingerprint density at radius 3 is 1.64 bits per heavy atom. The number of carbonyl (C=O) groups excluding carboxylic acids is 1. The average molecular weight is 214 g/mol. The molecule has 0 heterocycles. The van der Waals surface area contributed by atoms with E-state index in [4.69, 9.17) is 5.11 Å². The molecule has 0 amide bonds. The summed E-state index contributed by atoms with van der Waals surface area (Å²) in [5.41, 5.74) is 0. The summed E-state index contributed by atoms with van der Waals surface area (Å²) in [6.07, 6.45) is -0.0370. The number of carboxylic acid groups (broad SMARTS) is 1. The van der Waals surface area contributed by atoms with E-state index in [9.17, 15) is 14.7 Å². The van der Waals surface area contributed by atoms with E-state index in [0.29, 0.717) is 6.42 Å². The van der Waals surface area contributed by atoms with Gasteiger partial charge >= 0.3 is 29.0 Å². The van der Waals surface area contributed by atoms with E-state index < -0.39 is 18.0 Å². The van der Waals surface area contributed by atoms with Gasteiger partial charge in [0.05, 0.1) is 0 Å². The van der Waals surface area contributed by atoms with Gasteiger partial charge < -0.3 is 10.2 Å². The Hall–Kier alpha value is -0.134. The summed E-state index contributed by atoms with van der Waals surface area (Å²) in [6.45, 7) is 6.20. The summed E-state index contributed by atoms with van der Waals surface area (Å²) < 4.78 is 0. The van der Waals surface area contributed by atoms with E-state index in [2.05, 4.69) is 0 Å². The van der Waals surface area contributed by atoms with Crippen molar-refractivity contribution in [3.05, 3.63) is 0 Å². The fourth-order valence-corrected chi connectivity index (χ4v) is 0.636. The van der Waals surface area contributed by atoms with Crippen molar-refractivity contribution in [1.82, 2.24) is 0 Å². The third-order valence-electron chi connectivity index (χ3n) is 1.20. The van der Waals surface area contributed by atoms with E-state index in [0.717, 1.165) is 0 Å². The van der Waals surface area contributed by atoms with Crippen LogP contribution >= 0.6 is 0 Å². The fourth-order valence-electron chi connectivity index (χ4n) is 0.636. The minimum atomic E-state index is -1.02. The molecule has 1 radical (unpaired) electrons. The number of carboxylic acids is 1. The van der Waals surface area contributed by atoms with E-state index in [1.54, 1.807) is 20.8 Å². The molecule has 1 unspecified atom stereocenters. The second kappa shape index (κ2) is 10.9. The summed E-state index contributed by atoms with van der Waals surface area (Å²) in [5.74, 6) is -2.10. The quantitative estimate of drug-likeness (QED) is 0.531. The van der Waals surface area contributed by atoms with Crippen LogP contribution in [-0.4, -0.2) is 46.0 Å². The number of carbonyl (C=O) groups is 2. The van der Waals surface area contributed by atoms with Gasteiger partial charge in [-0.05, 0) is 13.3 Å². The minimum Gasteiger partial charge on any atom is -0.852 e. The van der Waals surface area contributed by atoms with E-state index >= 15 is 0 Å². The van der Waals surface area contributed by atoms with Crippen molar-refractivity contribution in [2.45, 2.75) is 40.2 Å². The molecular weight excluding hydrogens is 196 g/mol. The number of rotatable bonds is 3. The normalized spacial score (nSPS) is 10.7. The zero-order valence-corrected chi connectivity index (χ0v) is 10.7. The Balaban J connectivity index is -0.000000209. The molecule has 5 heteroatoms. The van der Waals surface area contributed by atoms with Crippen LogP contribution < -0.4 is 5.11 Å². The molecule has 0 aromatic carbocycles. The number of hydrogen-bond donors (Lipinski definition) is 1. The molecule has 0 saturated heterocycles. The van der Waals surface area contributed by atoms with Crippen LogP contribution in [0, 0.1) is 5.92 Å². The molecule has 0 spiro atoms. The van der Waals surface area contributed by atoms with Gasteiger partial charge in [-0.1, -0.05) is 20.8 Å². The largest absolute Gasteiger partial charge is 1.00 e. The van der Waals surface area contributed by atoms with Gasteiger partial charge in [0.2, 0.25) is 0 Å². The molecule has 0 saturated carbocycles. The SMILES string of the molecule is CC(C)[O-].CCC(C(C)=O)C(=O)O.[Mg+]. The van der Waals surface area contributed by atoms with Gasteiger partial charge in [-0.25, -0.2) is 0 Å². The molecule has 4 nitrogen and oxygen atoms in total. The van der Waals surface area contributed by atoms with Crippen LogP contribution in [0.2, 0.25) is 0 Å². The van der Waals surface area contributed by atoms with Gasteiger partial charge in [-0.2, -0.15) is 0 Å². The molecule has 0 rings (SSSR count). The number of hydrogen-bond acceptors (Lipinski definition) is 3. The summed E-state index contributed by atoms with van der Waals surface area (Å²) in [7, 11) is 0. The van der Waals surface area contributed by atoms with Gasteiger partial charge in [-0.3, -0.25) is 9.59 Å². The molecule has 0 fully saturated rings. The monoisotopic (exact) mass is 213 g/mol. The topological polar surface area (TPSA) is 77.4 Å². The first-order valence-corrected chi connectivity index (χ1v) is 4.21. The molecule has 0 aliphatic heterocycles. The molecule has 0 aliphatic rings. The van der Waals surface area contributed by atoms with Crippen LogP contribution in [-0.2, 0) is 9.59 Å². The summed E-state index contributed by atoms with van der Waals surface area (Å²) in [6, 6.07) is 0. The Labute approximate surface area is 101 Å². The third kappa shape index (κ3) is 14.4. The summed E-state index contributed by atoms with van der Waals surface area (Å²) >= 11 is 0. The van der Waals surface area contributed by atoms with Crippen molar-refractivity contribution >= 4 is 34.8 Å². The Bertz CT molecular complexity index is 151. The maximum Gasteiger partial charge on any atom is 1.00 e. The first kappa shape index (κ1) is 19.4. The van der Waals surface area contributed by atoms with E-state index in [1.165, 1.54) is 6.92 Å². The van der Waals surface area contributed by atoms with Crippen molar-refractivity contribution in [2.24, 2.45) is 5.92 Å². The molecule has 14 heavy (non-hydrogen) atoms. The van der Waals surface area contributed by atoms with Crippen LogP contribution in [0.1, 0.15) is 34.1 Å². The second-order valence-electron chi connectivity index (χ2n) is 2.96. The molecule has 0 aromatic rings. The summed E-state index contributed by atoms with van der Waals surface area (Å²) in [4.78, 5) is 20.6. The Morgan fingerprint density at radius 2 is 1.64 bits per heavy atom. The number of ketones is 1. The van der Waals surface area contributed by atoms with Crippen LogP contribution in [0.3, 0.4) is 0 Å². The molecule has 1 atom stereocenters. The maximum atomic E-state index is 10.4. The van der Waals surface area contributed by atoms with Crippen LogP contribution in [0.5, 0.6) is 0 Å². The Morgan fingerprint density at radius 1 is 1.36 bits per heavy atom. The predicted octanol–water partition coefficient (Wildman–Crippen LogP) is 0.0605. The molecule has 0 bridgehead atoms. The first-order valence-electron chi connectivity index (χ1n) is 4.21. The van der Waals surface area contributed by atoms with Gasteiger partial charge in [-0.15, -0.1) is 6.10 Å². The first-order chi connectivity index (χ1) is 5.82. The van der Waals surface area contributed by atoms with Crippen LogP contribution in [0.25, 0.3) is 0 Å². The zero-order valence-electron chi connectivity index (χ0n) is 9.24. The molecule has 79 valence electrons. The average Bonchev–Trinajstić information content (AvgIpc) is 1.84. The third-order valence-corrected chi connectivity index (χ3v) is 1.20.